The van der Waals surface area contributed by atoms with Crippen LogP contribution in [0.15, 0.2) is 59.7 Å². The number of esters is 1. The van der Waals surface area contributed by atoms with Crippen LogP contribution in [0, 0.1) is 6.92 Å². The molecular formula is C21H14ClF3N4O3. The number of carbonyl (C=O) groups is 1. The lowest BCUT2D eigenvalue weighted by Gasteiger charge is -2.13. The van der Waals surface area contributed by atoms with Gasteiger partial charge in [0, 0.05) is 24.2 Å². The number of nitrogens with zero attached hydrogens (tertiary/aromatic N) is 4. The first-order valence-corrected chi connectivity index (χ1v) is 9.58. The molecule has 0 radical (unpaired) electrons. The number of benzene rings is 1. The highest BCUT2D eigenvalue weighted by molar-refractivity contribution is 6.30. The molecule has 0 amide bonds. The number of ether oxygens (including phenoxy) is 1. The summed E-state index contributed by atoms with van der Waals surface area (Å²) < 4.78 is 47.0. The second-order valence-electron chi connectivity index (χ2n) is 6.88. The summed E-state index contributed by atoms with van der Waals surface area (Å²) in [6.07, 6.45) is -1.31. The smallest absolute Gasteiger partial charge is 0.416 e. The summed E-state index contributed by atoms with van der Waals surface area (Å²) in [5, 5.41) is 4.45. The molecule has 164 valence electrons. The molecule has 0 aliphatic rings. The van der Waals surface area contributed by atoms with E-state index < -0.39 is 28.8 Å². The molecule has 0 fully saturated rings. The maximum atomic E-state index is 13.0. The van der Waals surface area contributed by atoms with Crippen molar-refractivity contribution < 1.29 is 22.7 Å². The van der Waals surface area contributed by atoms with Crippen LogP contribution in [-0.2, 0) is 17.5 Å². The second-order valence-corrected chi connectivity index (χ2v) is 7.32. The monoisotopic (exact) mass is 462 g/mol. The summed E-state index contributed by atoms with van der Waals surface area (Å²) >= 11 is 5.92. The molecule has 3 heterocycles. The predicted octanol–water partition coefficient (Wildman–Crippen LogP) is 4.22. The van der Waals surface area contributed by atoms with Gasteiger partial charge in [0.25, 0.3) is 0 Å². The average Bonchev–Trinajstić information content (AvgIpc) is 3.13. The third-order valence-corrected chi connectivity index (χ3v) is 4.76. The number of pyridine rings is 1. The second kappa shape index (κ2) is 8.12. The Labute approximate surface area is 183 Å². The van der Waals surface area contributed by atoms with E-state index in [4.69, 9.17) is 16.3 Å². The van der Waals surface area contributed by atoms with Crippen LogP contribution in [0.2, 0.25) is 5.02 Å². The molecular weight excluding hydrogens is 449 g/mol. The van der Waals surface area contributed by atoms with Gasteiger partial charge in [-0.1, -0.05) is 17.7 Å². The first-order chi connectivity index (χ1) is 15.1. The highest BCUT2D eigenvalue weighted by Gasteiger charge is 2.30. The Morgan fingerprint density at radius 3 is 2.69 bits per heavy atom. The maximum Gasteiger partial charge on any atom is 0.416 e. The third kappa shape index (κ3) is 4.35. The molecule has 0 spiro atoms. The van der Waals surface area contributed by atoms with Crippen molar-refractivity contribution >= 4 is 23.2 Å². The van der Waals surface area contributed by atoms with Gasteiger partial charge >= 0.3 is 12.1 Å². The van der Waals surface area contributed by atoms with Gasteiger partial charge in [-0.25, -0.2) is 14.5 Å². The molecule has 0 aliphatic carbocycles. The molecule has 4 rings (SSSR count). The fourth-order valence-corrected chi connectivity index (χ4v) is 3.23. The molecule has 11 heteroatoms. The highest BCUT2D eigenvalue weighted by atomic mass is 35.5. The molecule has 0 unspecified atom stereocenters. The van der Waals surface area contributed by atoms with Crippen LogP contribution in [0.4, 0.5) is 13.2 Å². The van der Waals surface area contributed by atoms with Gasteiger partial charge in [-0.05, 0) is 37.3 Å². The van der Waals surface area contributed by atoms with Gasteiger partial charge in [-0.2, -0.15) is 18.3 Å². The zero-order chi connectivity index (χ0) is 23.0. The van der Waals surface area contributed by atoms with Crippen LogP contribution in [0.3, 0.4) is 0 Å². The summed E-state index contributed by atoms with van der Waals surface area (Å²) in [6, 6.07) is 8.84. The van der Waals surface area contributed by atoms with Crippen molar-refractivity contribution in [2.24, 2.45) is 0 Å². The zero-order valence-electron chi connectivity index (χ0n) is 16.4. The first kappa shape index (κ1) is 21.6. The van der Waals surface area contributed by atoms with Crippen molar-refractivity contribution in [3.63, 3.8) is 0 Å². The molecule has 0 atom stereocenters. The number of hydrogen-bond donors (Lipinski definition) is 0. The predicted molar refractivity (Wildman–Crippen MR) is 109 cm³/mol. The normalized spacial score (nSPS) is 11.7. The minimum atomic E-state index is -4.55. The number of halogens is 4. The van der Waals surface area contributed by atoms with Crippen molar-refractivity contribution in [1.82, 2.24) is 19.2 Å². The number of aromatic nitrogens is 4. The Bertz CT molecular complexity index is 1400. The fourth-order valence-electron chi connectivity index (χ4n) is 3.06. The van der Waals surface area contributed by atoms with E-state index in [1.807, 2.05) is 0 Å². The minimum Gasteiger partial charge on any atom is -0.454 e. The molecule has 32 heavy (non-hydrogen) atoms. The van der Waals surface area contributed by atoms with Crippen LogP contribution in [0.25, 0.3) is 11.3 Å². The van der Waals surface area contributed by atoms with Gasteiger partial charge in [0.15, 0.2) is 0 Å². The lowest BCUT2D eigenvalue weighted by molar-refractivity contribution is -0.137. The topological polar surface area (TPSA) is 78.5 Å². The van der Waals surface area contributed by atoms with Crippen LogP contribution in [-0.4, -0.2) is 25.1 Å². The van der Waals surface area contributed by atoms with E-state index >= 15 is 0 Å². The molecule has 0 saturated carbocycles. The van der Waals surface area contributed by atoms with E-state index in [-0.39, 0.29) is 18.0 Å². The molecule has 3 aromatic heterocycles. The number of alkyl halides is 3. The molecule has 0 saturated heterocycles. The average molecular weight is 463 g/mol. The molecule has 1 aromatic carbocycles. The van der Waals surface area contributed by atoms with Crippen LogP contribution < -0.4 is 5.43 Å². The summed E-state index contributed by atoms with van der Waals surface area (Å²) in [6.45, 7) is 1.25. The summed E-state index contributed by atoms with van der Waals surface area (Å²) in [5.41, 5.74) is -0.859. The van der Waals surface area contributed by atoms with Crippen molar-refractivity contribution in [3.8, 4) is 5.69 Å². The Kier molecular flexibility index (Phi) is 5.47. The standard InChI is InChI=1S/C21H14ClF3N4O3/c1-12-7-17(30)19(27-29(12)16-4-2-3-13(8-16)21(23,24)25)20(31)32-11-15-10-28-9-14(22)5-6-18(28)26-15/h2-10H,11H2,1H3. The van der Waals surface area contributed by atoms with Gasteiger partial charge < -0.3 is 9.14 Å². The zero-order valence-corrected chi connectivity index (χ0v) is 17.2. The lowest BCUT2D eigenvalue weighted by Crippen LogP contribution is -2.24. The number of hydrogen-bond acceptors (Lipinski definition) is 5. The quantitative estimate of drug-likeness (QED) is 0.424. The van der Waals surface area contributed by atoms with E-state index in [1.54, 1.807) is 28.9 Å². The molecule has 0 bridgehead atoms. The summed E-state index contributed by atoms with van der Waals surface area (Å²) in [4.78, 5) is 29.1. The van der Waals surface area contributed by atoms with Crippen LogP contribution in [0.5, 0.6) is 0 Å². The molecule has 0 aliphatic heterocycles. The maximum absolute atomic E-state index is 13.0. The molecule has 4 aromatic rings. The fraction of sp³-hybridized carbons (Fsp3) is 0.143. The number of aryl methyl sites for hydroxylation is 1. The third-order valence-electron chi connectivity index (χ3n) is 4.53. The number of carbonyl (C=O) groups excluding carboxylic acids is 1. The van der Waals surface area contributed by atoms with E-state index in [1.165, 1.54) is 19.1 Å². The largest absolute Gasteiger partial charge is 0.454 e. The SMILES string of the molecule is Cc1cc(=O)c(C(=O)OCc2cn3cc(Cl)ccc3n2)nn1-c1cccc(C(F)(F)F)c1. The van der Waals surface area contributed by atoms with Gasteiger partial charge in [-0.3, -0.25) is 4.79 Å². The van der Waals surface area contributed by atoms with Crippen molar-refractivity contribution in [2.75, 3.05) is 0 Å². The summed E-state index contributed by atoms with van der Waals surface area (Å²) in [7, 11) is 0. The number of rotatable bonds is 4. The van der Waals surface area contributed by atoms with Gasteiger partial charge in [-0.15, -0.1) is 0 Å². The lowest BCUT2D eigenvalue weighted by atomic mass is 10.2. The Morgan fingerprint density at radius 1 is 1.16 bits per heavy atom. The van der Waals surface area contributed by atoms with Gasteiger partial charge in [0.2, 0.25) is 11.1 Å². The summed E-state index contributed by atoms with van der Waals surface area (Å²) in [5.74, 6) is -1.02. The molecule has 0 N–H and O–H groups in total. The van der Waals surface area contributed by atoms with Gasteiger partial charge in [0.05, 0.1) is 22.0 Å². The Hall–Kier alpha value is -3.66. The molecule has 7 nitrogen and oxygen atoms in total. The van der Waals surface area contributed by atoms with Crippen LogP contribution >= 0.6 is 11.6 Å². The van der Waals surface area contributed by atoms with Gasteiger partial charge in [0.1, 0.15) is 12.3 Å². The van der Waals surface area contributed by atoms with Crippen molar-refractivity contribution in [1.29, 1.82) is 0 Å². The van der Waals surface area contributed by atoms with Crippen molar-refractivity contribution in [3.05, 3.63) is 92.7 Å². The van der Waals surface area contributed by atoms with E-state index in [0.29, 0.717) is 16.4 Å². The van der Waals surface area contributed by atoms with E-state index in [9.17, 15) is 22.8 Å². The van der Waals surface area contributed by atoms with Crippen molar-refractivity contribution in [2.45, 2.75) is 19.7 Å². The number of fused-ring (bicyclic) bond motifs is 1. The Morgan fingerprint density at radius 2 is 1.94 bits per heavy atom. The van der Waals surface area contributed by atoms with E-state index in [2.05, 4.69) is 10.1 Å². The van der Waals surface area contributed by atoms with Crippen LogP contribution in [0.1, 0.15) is 27.4 Å². The number of imidazole rings is 1. The first-order valence-electron chi connectivity index (χ1n) is 9.21. The highest BCUT2D eigenvalue weighted by Crippen LogP contribution is 2.30. The minimum absolute atomic E-state index is 0.0450. The van der Waals surface area contributed by atoms with E-state index in [0.717, 1.165) is 22.9 Å². The Balaban J connectivity index is 1.60.